The zero-order valence-electron chi connectivity index (χ0n) is 14.9. The van der Waals surface area contributed by atoms with Crippen LogP contribution in [0.1, 0.15) is 74.0 Å². The van der Waals surface area contributed by atoms with Gasteiger partial charge in [-0.2, -0.15) is 8.42 Å². The van der Waals surface area contributed by atoms with Gasteiger partial charge in [-0.3, -0.25) is 4.55 Å². The maximum absolute atomic E-state index is 10.2. The van der Waals surface area contributed by atoms with Crippen molar-refractivity contribution in [3.63, 3.8) is 0 Å². The summed E-state index contributed by atoms with van der Waals surface area (Å²) in [5, 5.41) is 0. The molecule has 0 saturated heterocycles. The van der Waals surface area contributed by atoms with Gasteiger partial charge in [-0.1, -0.05) is 64.7 Å². The van der Waals surface area contributed by atoms with Crippen LogP contribution in [0.4, 0.5) is 0 Å². The van der Waals surface area contributed by atoms with Crippen LogP contribution in [0.15, 0.2) is 0 Å². The molecule has 0 rings (SSSR count). The van der Waals surface area contributed by atoms with Crippen LogP contribution >= 0.6 is 0 Å². The second kappa shape index (κ2) is 17.9. The minimum absolute atomic E-state index is 0. The van der Waals surface area contributed by atoms with E-state index in [9.17, 15) is 8.42 Å². The topological polar surface area (TPSA) is 63.6 Å². The van der Waals surface area contributed by atoms with Gasteiger partial charge < -0.3 is 2.85 Å². The van der Waals surface area contributed by atoms with Crippen LogP contribution in [0.3, 0.4) is 0 Å². The van der Waals surface area contributed by atoms with Crippen molar-refractivity contribution in [2.75, 3.05) is 6.61 Å². The fraction of sp³-hybridized carbons (Fsp3) is 1.00. The molecule has 0 aliphatic rings. The van der Waals surface area contributed by atoms with Crippen molar-refractivity contribution in [2.45, 2.75) is 71.1 Å². The summed E-state index contributed by atoms with van der Waals surface area (Å²) in [6.07, 6.45) is 11.9. The molecule has 0 aromatic heterocycles. The molecule has 0 aromatic rings. The Kier molecular flexibility index (Phi) is 24.3. The Morgan fingerprint density at radius 3 is 1.58 bits per heavy atom. The molecule has 7 heteroatoms. The van der Waals surface area contributed by atoms with Gasteiger partial charge in [0.25, 0.3) is 0 Å². The number of unbranched alkanes of at least 4 members (excludes halogenated alkanes) is 9. The summed E-state index contributed by atoms with van der Waals surface area (Å²) in [7, 11) is -4.23. The molecule has 0 bridgehead atoms. The third kappa shape index (κ3) is 25.2. The van der Waals surface area contributed by atoms with Crippen LogP contribution in [-0.2, 0) is 14.6 Å². The second-order valence-electron chi connectivity index (χ2n) is 4.43. The van der Waals surface area contributed by atoms with E-state index in [1.807, 2.05) is 0 Å². The van der Waals surface area contributed by atoms with Gasteiger partial charge >= 0.3 is 69.5 Å². The number of rotatable bonds is 12. The van der Waals surface area contributed by atoms with E-state index >= 15 is 0 Å². The number of hydrogen-bond acceptors (Lipinski definition) is 3. The average molecular weight is 314 g/mol. The fourth-order valence-electron chi connectivity index (χ4n) is 1.75. The average Bonchev–Trinajstić information content (AvgIpc) is 2.24. The molecular weight excluding hydrogens is 286 g/mol. The SMILES string of the molecule is CCCCCCCCCCCCOS(=O)(=O)O.[H-].[H-].[Na+].[Na+]. The van der Waals surface area contributed by atoms with Crippen molar-refractivity contribution in [3.8, 4) is 0 Å². The van der Waals surface area contributed by atoms with Gasteiger partial charge in [0.05, 0.1) is 6.61 Å². The van der Waals surface area contributed by atoms with E-state index in [4.69, 9.17) is 4.55 Å². The fourth-order valence-corrected chi connectivity index (χ4v) is 2.08. The molecule has 0 aliphatic heterocycles. The molecule has 0 saturated carbocycles. The van der Waals surface area contributed by atoms with Crippen LogP contribution in [-0.4, -0.2) is 19.6 Å². The van der Waals surface area contributed by atoms with Crippen LogP contribution < -0.4 is 59.1 Å². The van der Waals surface area contributed by atoms with E-state index < -0.39 is 10.4 Å². The van der Waals surface area contributed by atoms with Crippen molar-refractivity contribution in [2.24, 2.45) is 0 Å². The third-order valence-electron chi connectivity index (χ3n) is 2.73. The Hall–Kier alpha value is 1.87. The number of hydrogen-bond donors (Lipinski definition) is 1. The molecule has 0 atom stereocenters. The van der Waals surface area contributed by atoms with E-state index in [0.29, 0.717) is 6.42 Å². The first-order valence-corrected chi connectivity index (χ1v) is 8.04. The van der Waals surface area contributed by atoms with Gasteiger partial charge in [0.15, 0.2) is 0 Å². The summed E-state index contributed by atoms with van der Waals surface area (Å²) in [5.41, 5.74) is 0. The molecule has 1 N–H and O–H groups in total. The molecule has 0 aliphatic carbocycles. The summed E-state index contributed by atoms with van der Waals surface area (Å²) >= 11 is 0. The van der Waals surface area contributed by atoms with Crippen molar-refractivity contribution in [3.05, 3.63) is 0 Å². The van der Waals surface area contributed by atoms with E-state index in [2.05, 4.69) is 11.1 Å². The van der Waals surface area contributed by atoms with E-state index in [0.717, 1.165) is 12.8 Å². The first-order chi connectivity index (χ1) is 8.06. The smallest absolute Gasteiger partial charge is 1.00 e. The summed E-state index contributed by atoms with van der Waals surface area (Å²) in [4.78, 5) is 0. The maximum Gasteiger partial charge on any atom is 1.00 e. The summed E-state index contributed by atoms with van der Waals surface area (Å²) < 4.78 is 33.0. The third-order valence-corrected chi connectivity index (χ3v) is 3.19. The van der Waals surface area contributed by atoms with Crippen molar-refractivity contribution in [1.29, 1.82) is 0 Å². The molecular formula is C12H28Na2O4S. The molecule has 108 valence electrons. The largest absolute Gasteiger partial charge is 1.00 e. The van der Waals surface area contributed by atoms with Gasteiger partial charge in [0.1, 0.15) is 0 Å². The van der Waals surface area contributed by atoms with Crippen molar-refractivity contribution < 1.29 is 79.1 Å². The van der Waals surface area contributed by atoms with E-state index in [1.54, 1.807) is 0 Å². The minimum Gasteiger partial charge on any atom is -1.00 e. The zero-order chi connectivity index (χ0) is 13.0. The van der Waals surface area contributed by atoms with E-state index in [1.165, 1.54) is 44.9 Å². The minimum atomic E-state index is -4.23. The monoisotopic (exact) mass is 314 g/mol. The predicted octanol–water partition coefficient (Wildman–Crippen LogP) is -2.04. The van der Waals surface area contributed by atoms with Crippen LogP contribution in [0.2, 0.25) is 0 Å². The van der Waals surface area contributed by atoms with Gasteiger partial charge in [-0.25, -0.2) is 4.18 Å². The molecule has 0 unspecified atom stereocenters. The Labute approximate surface area is 166 Å². The molecule has 0 aromatic carbocycles. The van der Waals surface area contributed by atoms with Crippen LogP contribution in [0, 0.1) is 0 Å². The Bertz CT molecular complexity index is 268. The molecule has 0 radical (unpaired) electrons. The van der Waals surface area contributed by atoms with Crippen LogP contribution in [0.5, 0.6) is 0 Å². The van der Waals surface area contributed by atoms with Gasteiger partial charge in [0, 0.05) is 0 Å². The predicted molar refractivity (Wildman–Crippen MR) is 71.6 cm³/mol. The first-order valence-electron chi connectivity index (χ1n) is 6.68. The first kappa shape index (κ1) is 25.8. The summed E-state index contributed by atoms with van der Waals surface area (Å²) in [5.74, 6) is 0. The van der Waals surface area contributed by atoms with E-state index in [-0.39, 0.29) is 68.6 Å². The van der Waals surface area contributed by atoms with Gasteiger partial charge in [-0.15, -0.1) is 0 Å². The molecule has 0 amide bonds. The summed E-state index contributed by atoms with van der Waals surface area (Å²) in [6, 6.07) is 0. The molecule has 0 heterocycles. The summed E-state index contributed by atoms with van der Waals surface area (Å²) in [6.45, 7) is 2.31. The normalized spacial score (nSPS) is 10.6. The van der Waals surface area contributed by atoms with Crippen molar-refractivity contribution in [1.82, 2.24) is 0 Å². The molecule has 4 nitrogen and oxygen atoms in total. The maximum atomic E-state index is 10.2. The second-order valence-corrected chi connectivity index (χ2v) is 5.52. The van der Waals surface area contributed by atoms with Gasteiger partial charge in [0.2, 0.25) is 0 Å². The molecule has 19 heavy (non-hydrogen) atoms. The zero-order valence-corrected chi connectivity index (χ0v) is 17.7. The molecule has 0 fully saturated rings. The Morgan fingerprint density at radius 1 is 0.842 bits per heavy atom. The standard InChI is InChI=1S/C12H26O4S.2Na.2H/c1-2-3-4-5-6-7-8-9-10-11-12-16-17(13,14)15;;;;/h2-12H2,1H3,(H,13,14,15);;;;/q;2*+1;2*-1. The Balaban J connectivity index is -0.000000213. The molecule has 0 spiro atoms. The van der Waals surface area contributed by atoms with Gasteiger partial charge in [-0.05, 0) is 6.42 Å². The quantitative estimate of drug-likeness (QED) is 0.256. The van der Waals surface area contributed by atoms with Crippen molar-refractivity contribution >= 4 is 10.4 Å². The van der Waals surface area contributed by atoms with Crippen LogP contribution in [0.25, 0.3) is 0 Å². The Morgan fingerprint density at radius 2 is 1.21 bits per heavy atom.